The topological polar surface area (TPSA) is 105 Å². The van der Waals surface area contributed by atoms with Gasteiger partial charge in [-0.2, -0.15) is 0 Å². The Balaban J connectivity index is 1.41. The van der Waals surface area contributed by atoms with Crippen LogP contribution in [0.1, 0.15) is 25.6 Å². The van der Waals surface area contributed by atoms with Crippen molar-refractivity contribution in [1.29, 1.82) is 0 Å². The highest BCUT2D eigenvalue weighted by Crippen LogP contribution is 2.33. The molecule has 1 aromatic carbocycles. The fourth-order valence-electron chi connectivity index (χ4n) is 4.15. The Morgan fingerprint density at radius 1 is 1.25 bits per heavy atom. The number of ether oxygens (including phenoxy) is 1. The van der Waals surface area contributed by atoms with Crippen LogP contribution in [0.3, 0.4) is 0 Å². The van der Waals surface area contributed by atoms with Crippen molar-refractivity contribution in [2.45, 2.75) is 32.3 Å². The van der Waals surface area contributed by atoms with Gasteiger partial charge in [0.05, 0.1) is 18.8 Å². The number of nitrogens with one attached hydrogen (secondary N) is 1. The second-order valence-corrected chi connectivity index (χ2v) is 8.16. The SMILES string of the molecule is CC(=O)NCC1CN(c2cc(F)c(N3CCC(Cc4nnnn4C)CC3)c(F)c2)C(=O)O1. The van der Waals surface area contributed by atoms with Gasteiger partial charge in [-0.3, -0.25) is 9.69 Å². The predicted octanol–water partition coefficient (Wildman–Crippen LogP) is 1.41. The van der Waals surface area contributed by atoms with Crippen LogP contribution in [0.2, 0.25) is 0 Å². The van der Waals surface area contributed by atoms with Crippen molar-refractivity contribution in [2.24, 2.45) is 13.0 Å². The molecule has 2 aliphatic rings. The Morgan fingerprint density at radius 3 is 2.53 bits per heavy atom. The van der Waals surface area contributed by atoms with Gasteiger partial charge in [0.25, 0.3) is 0 Å². The summed E-state index contributed by atoms with van der Waals surface area (Å²) in [4.78, 5) is 26.1. The van der Waals surface area contributed by atoms with E-state index in [1.807, 2.05) is 0 Å². The summed E-state index contributed by atoms with van der Waals surface area (Å²) in [6.45, 7) is 2.61. The van der Waals surface area contributed by atoms with Crippen molar-refractivity contribution < 1.29 is 23.1 Å². The first kappa shape index (κ1) is 21.9. The molecule has 2 aliphatic heterocycles. The highest BCUT2D eigenvalue weighted by atomic mass is 19.1. The molecule has 4 rings (SSSR count). The molecule has 10 nitrogen and oxygen atoms in total. The van der Waals surface area contributed by atoms with Gasteiger partial charge in [-0.25, -0.2) is 18.3 Å². The molecule has 2 fully saturated rings. The molecule has 32 heavy (non-hydrogen) atoms. The van der Waals surface area contributed by atoms with Gasteiger partial charge in [0.1, 0.15) is 11.8 Å². The molecule has 0 radical (unpaired) electrons. The van der Waals surface area contributed by atoms with E-state index in [1.165, 1.54) is 11.8 Å². The maximum absolute atomic E-state index is 14.9. The average molecular weight is 449 g/mol. The van der Waals surface area contributed by atoms with Crippen LogP contribution in [0, 0.1) is 17.6 Å². The molecule has 0 saturated carbocycles. The molecule has 1 aromatic heterocycles. The number of carbonyl (C=O) groups excluding carboxylic acids is 2. The quantitative estimate of drug-likeness (QED) is 0.711. The third-order valence-electron chi connectivity index (χ3n) is 5.88. The fourth-order valence-corrected chi connectivity index (χ4v) is 4.15. The van der Waals surface area contributed by atoms with Crippen LogP contribution < -0.4 is 15.1 Å². The average Bonchev–Trinajstić information content (AvgIpc) is 3.32. The van der Waals surface area contributed by atoms with Crippen molar-refractivity contribution in [3.8, 4) is 0 Å². The van der Waals surface area contributed by atoms with E-state index >= 15 is 0 Å². The predicted molar refractivity (Wildman–Crippen MR) is 110 cm³/mol. The highest BCUT2D eigenvalue weighted by Gasteiger charge is 2.34. The second kappa shape index (κ2) is 9.05. The Hall–Kier alpha value is -3.31. The van der Waals surface area contributed by atoms with E-state index in [2.05, 4.69) is 20.8 Å². The lowest BCUT2D eigenvalue weighted by molar-refractivity contribution is -0.119. The largest absolute Gasteiger partial charge is 0.442 e. The molecular weight excluding hydrogens is 424 g/mol. The first-order valence-corrected chi connectivity index (χ1v) is 10.5. The Kier molecular flexibility index (Phi) is 6.19. The standard InChI is InChI=1S/C20H25F2N7O3/c1-12(30)23-10-15-11-29(20(31)32-15)14-8-16(21)19(17(22)9-14)28-5-3-13(4-6-28)7-18-24-25-26-27(18)2/h8-9,13,15H,3-7,10-11H2,1-2H3,(H,23,30). The maximum atomic E-state index is 14.9. The van der Waals surface area contributed by atoms with E-state index in [0.29, 0.717) is 19.0 Å². The van der Waals surface area contributed by atoms with Gasteiger partial charge in [0.2, 0.25) is 5.91 Å². The van der Waals surface area contributed by atoms with Crippen molar-refractivity contribution in [3.05, 3.63) is 29.6 Å². The number of amides is 2. The molecule has 0 spiro atoms. The number of cyclic esters (lactones) is 1. The van der Waals surface area contributed by atoms with Crippen LogP contribution in [0.4, 0.5) is 25.0 Å². The minimum atomic E-state index is -0.728. The van der Waals surface area contributed by atoms with Crippen molar-refractivity contribution >= 4 is 23.4 Å². The first-order valence-electron chi connectivity index (χ1n) is 10.5. The molecule has 12 heteroatoms. The highest BCUT2D eigenvalue weighted by molar-refractivity contribution is 5.90. The van der Waals surface area contributed by atoms with Gasteiger partial charge in [0.15, 0.2) is 17.5 Å². The monoisotopic (exact) mass is 449 g/mol. The summed E-state index contributed by atoms with van der Waals surface area (Å²) in [5.41, 5.74) is -0.00127. The number of piperidine rings is 1. The summed E-state index contributed by atoms with van der Waals surface area (Å²) in [6.07, 6.45) is 0.956. The van der Waals surface area contributed by atoms with Crippen LogP contribution >= 0.6 is 0 Å². The zero-order valence-corrected chi connectivity index (χ0v) is 17.9. The molecule has 1 unspecified atom stereocenters. The summed E-state index contributed by atoms with van der Waals surface area (Å²) >= 11 is 0. The lowest BCUT2D eigenvalue weighted by Gasteiger charge is -2.34. The summed E-state index contributed by atoms with van der Waals surface area (Å²) in [6, 6.07) is 2.30. The molecule has 172 valence electrons. The van der Waals surface area contributed by atoms with E-state index in [0.717, 1.165) is 37.2 Å². The molecule has 3 heterocycles. The van der Waals surface area contributed by atoms with E-state index in [4.69, 9.17) is 4.74 Å². The zero-order chi connectivity index (χ0) is 22.8. The van der Waals surface area contributed by atoms with Crippen LogP contribution in [-0.4, -0.2) is 64.5 Å². The number of hydrogen-bond acceptors (Lipinski definition) is 7. The summed E-state index contributed by atoms with van der Waals surface area (Å²) < 4.78 is 36.7. The van der Waals surface area contributed by atoms with E-state index < -0.39 is 23.8 Å². The van der Waals surface area contributed by atoms with Gasteiger partial charge in [-0.05, 0) is 29.2 Å². The van der Waals surface area contributed by atoms with Crippen molar-refractivity contribution in [1.82, 2.24) is 25.5 Å². The molecule has 2 amide bonds. The minimum Gasteiger partial charge on any atom is -0.442 e. The number of nitrogens with zero attached hydrogens (tertiary/aromatic N) is 6. The number of hydrogen-bond donors (Lipinski definition) is 1. The third-order valence-corrected chi connectivity index (χ3v) is 5.88. The van der Waals surface area contributed by atoms with E-state index in [-0.39, 0.29) is 30.4 Å². The molecule has 0 aliphatic carbocycles. The Labute approximate surface area is 183 Å². The first-order chi connectivity index (χ1) is 15.3. The molecule has 0 bridgehead atoms. The Morgan fingerprint density at radius 2 is 1.94 bits per heavy atom. The van der Waals surface area contributed by atoms with E-state index in [9.17, 15) is 18.4 Å². The van der Waals surface area contributed by atoms with Gasteiger partial charge in [-0.1, -0.05) is 0 Å². The number of anilines is 2. The molecule has 2 aromatic rings. The molecular formula is C20H25F2N7O3. The maximum Gasteiger partial charge on any atom is 0.414 e. The van der Waals surface area contributed by atoms with Crippen LogP contribution in [0.25, 0.3) is 0 Å². The van der Waals surface area contributed by atoms with Crippen LogP contribution in [-0.2, 0) is 23.0 Å². The number of aryl methyl sites for hydroxylation is 1. The fraction of sp³-hybridized carbons (Fsp3) is 0.550. The lowest BCUT2D eigenvalue weighted by atomic mass is 9.93. The number of rotatable bonds is 6. The summed E-state index contributed by atoms with van der Waals surface area (Å²) in [7, 11) is 1.79. The molecule has 2 saturated heterocycles. The molecule has 1 atom stereocenters. The number of aromatic nitrogens is 4. The molecule has 1 N–H and O–H groups in total. The van der Waals surface area contributed by atoms with Crippen LogP contribution in [0.5, 0.6) is 0 Å². The second-order valence-electron chi connectivity index (χ2n) is 8.16. The Bertz CT molecular complexity index is 984. The summed E-state index contributed by atoms with van der Waals surface area (Å²) in [5, 5.41) is 14.0. The van der Waals surface area contributed by atoms with Gasteiger partial charge in [-0.15, -0.1) is 5.10 Å². The van der Waals surface area contributed by atoms with Crippen molar-refractivity contribution in [2.75, 3.05) is 36.0 Å². The number of tetrazole rings is 1. The zero-order valence-electron chi connectivity index (χ0n) is 17.9. The van der Waals surface area contributed by atoms with Gasteiger partial charge < -0.3 is 15.0 Å². The van der Waals surface area contributed by atoms with Crippen molar-refractivity contribution in [3.63, 3.8) is 0 Å². The third kappa shape index (κ3) is 4.63. The lowest BCUT2D eigenvalue weighted by Crippen LogP contribution is -2.36. The number of halogens is 2. The minimum absolute atomic E-state index is 0.0868. The normalized spacial score (nSPS) is 19.4. The van der Waals surface area contributed by atoms with Gasteiger partial charge in [0, 0.05) is 45.6 Å². The number of carbonyl (C=O) groups is 2. The summed E-state index contributed by atoms with van der Waals surface area (Å²) in [5.74, 6) is -0.582. The van der Waals surface area contributed by atoms with Crippen LogP contribution in [0.15, 0.2) is 12.1 Å². The number of benzene rings is 1. The van der Waals surface area contributed by atoms with E-state index in [1.54, 1.807) is 16.6 Å². The van der Waals surface area contributed by atoms with Gasteiger partial charge >= 0.3 is 6.09 Å². The smallest absolute Gasteiger partial charge is 0.414 e.